The lowest BCUT2D eigenvalue weighted by Gasteiger charge is -2.16. The summed E-state index contributed by atoms with van der Waals surface area (Å²) in [4.78, 5) is 9.08. The van der Waals surface area contributed by atoms with Crippen molar-refractivity contribution in [3.05, 3.63) is 36.7 Å². The average Bonchev–Trinajstić information content (AvgIpc) is 3.08. The van der Waals surface area contributed by atoms with Crippen molar-refractivity contribution in [2.75, 3.05) is 30.3 Å². The van der Waals surface area contributed by atoms with E-state index in [9.17, 15) is 0 Å². The Morgan fingerprint density at radius 3 is 2.36 bits per heavy atom. The normalized spacial score (nSPS) is 17.4. The standard InChI is InChI=1S/C17H23N5/c1-2-18-14-7-4-10-20-16(14)17-15(8-5-11-21-17)22-12-13-6-3-9-19-13/h4-5,7-8,10-11,13,18-19,22H,2-3,6,9,12H2,1H3/t13-/m0/s1. The summed E-state index contributed by atoms with van der Waals surface area (Å²) in [6, 6.07) is 8.57. The Bertz CT molecular complexity index is 608. The van der Waals surface area contributed by atoms with Crippen LogP contribution in [0.1, 0.15) is 19.8 Å². The number of nitrogens with zero attached hydrogens (tertiary/aromatic N) is 2. The molecule has 0 aromatic carbocycles. The maximum atomic E-state index is 4.55. The molecule has 0 aliphatic carbocycles. The van der Waals surface area contributed by atoms with Crippen molar-refractivity contribution in [2.45, 2.75) is 25.8 Å². The summed E-state index contributed by atoms with van der Waals surface area (Å²) >= 11 is 0. The molecule has 3 heterocycles. The van der Waals surface area contributed by atoms with Gasteiger partial charge in [0, 0.05) is 31.5 Å². The van der Waals surface area contributed by atoms with Gasteiger partial charge in [0.15, 0.2) is 0 Å². The Morgan fingerprint density at radius 1 is 1.09 bits per heavy atom. The van der Waals surface area contributed by atoms with Gasteiger partial charge in [-0.2, -0.15) is 0 Å². The third-order valence-electron chi connectivity index (χ3n) is 3.91. The lowest BCUT2D eigenvalue weighted by molar-refractivity contribution is 0.633. The average molecular weight is 297 g/mol. The van der Waals surface area contributed by atoms with Crippen molar-refractivity contribution in [1.29, 1.82) is 0 Å². The first-order valence-electron chi connectivity index (χ1n) is 8.00. The molecule has 1 atom stereocenters. The zero-order chi connectivity index (χ0) is 15.2. The van der Waals surface area contributed by atoms with E-state index in [0.29, 0.717) is 6.04 Å². The number of nitrogens with one attached hydrogen (secondary N) is 3. The van der Waals surface area contributed by atoms with E-state index in [0.717, 1.165) is 42.4 Å². The molecule has 5 nitrogen and oxygen atoms in total. The zero-order valence-corrected chi connectivity index (χ0v) is 13.0. The summed E-state index contributed by atoms with van der Waals surface area (Å²) in [5.74, 6) is 0. The van der Waals surface area contributed by atoms with E-state index >= 15 is 0 Å². The summed E-state index contributed by atoms with van der Waals surface area (Å²) in [5, 5.41) is 10.4. The molecule has 2 aromatic heterocycles. The van der Waals surface area contributed by atoms with Gasteiger partial charge in [0.25, 0.3) is 0 Å². The minimum absolute atomic E-state index is 0.546. The highest BCUT2D eigenvalue weighted by Gasteiger charge is 2.16. The van der Waals surface area contributed by atoms with Crippen LogP contribution in [-0.4, -0.2) is 35.6 Å². The van der Waals surface area contributed by atoms with Gasteiger partial charge in [-0.3, -0.25) is 9.97 Å². The fraction of sp³-hybridized carbons (Fsp3) is 0.412. The van der Waals surface area contributed by atoms with Crippen LogP contribution in [0.5, 0.6) is 0 Å². The second kappa shape index (κ2) is 7.22. The van der Waals surface area contributed by atoms with Crippen molar-refractivity contribution in [3.63, 3.8) is 0 Å². The van der Waals surface area contributed by atoms with Crippen molar-refractivity contribution in [3.8, 4) is 11.4 Å². The van der Waals surface area contributed by atoms with E-state index < -0.39 is 0 Å². The number of hydrogen-bond donors (Lipinski definition) is 3. The van der Waals surface area contributed by atoms with E-state index in [-0.39, 0.29) is 0 Å². The van der Waals surface area contributed by atoms with Gasteiger partial charge in [-0.05, 0) is 50.6 Å². The summed E-state index contributed by atoms with van der Waals surface area (Å²) in [7, 11) is 0. The number of pyridine rings is 2. The third-order valence-corrected chi connectivity index (χ3v) is 3.91. The Morgan fingerprint density at radius 2 is 1.77 bits per heavy atom. The van der Waals surface area contributed by atoms with E-state index in [2.05, 4.69) is 38.9 Å². The highest BCUT2D eigenvalue weighted by atomic mass is 15.0. The monoisotopic (exact) mass is 297 g/mol. The lowest BCUT2D eigenvalue weighted by Crippen LogP contribution is -2.29. The molecule has 1 fully saturated rings. The van der Waals surface area contributed by atoms with Gasteiger partial charge in [0.1, 0.15) is 11.4 Å². The van der Waals surface area contributed by atoms with Crippen LogP contribution >= 0.6 is 0 Å². The summed E-state index contributed by atoms with van der Waals surface area (Å²) in [6.07, 6.45) is 6.12. The molecule has 3 N–H and O–H groups in total. The molecular formula is C17H23N5. The molecule has 0 amide bonds. The molecule has 22 heavy (non-hydrogen) atoms. The first-order valence-corrected chi connectivity index (χ1v) is 8.00. The van der Waals surface area contributed by atoms with Gasteiger partial charge in [0.05, 0.1) is 11.4 Å². The fourth-order valence-electron chi connectivity index (χ4n) is 2.83. The molecule has 116 valence electrons. The Labute approximate surface area is 131 Å². The molecule has 3 rings (SSSR count). The highest BCUT2D eigenvalue weighted by molar-refractivity contribution is 5.80. The van der Waals surface area contributed by atoms with Gasteiger partial charge in [-0.25, -0.2) is 0 Å². The minimum atomic E-state index is 0.546. The van der Waals surface area contributed by atoms with Crippen molar-refractivity contribution in [1.82, 2.24) is 15.3 Å². The van der Waals surface area contributed by atoms with Crippen molar-refractivity contribution < 1.29 is 0 Å². The van der Waals surface area contributed by atoms with Crippen LogP contribution < -0.4 is 16.0 Å². The molecule has 1 aliphatic heterocycles. The molecule has 0 radical (unpaired) electrons. The lowest BCUT2D eigenvalue weighted by atomic mass is 10.1. The van der Waals surface area contributed by atoms with Gasteiger partial charge >= 0.3 is 0 Å². The van der Waals surface area contributed by atoms with Crippen LogP contribution in [0.3, 0.4) is 0 Å². The molecule has 0 bridgehead atoms. The second-order valence-electron chi connectivity index (χ2n) is 5.50. The molecule has 5 heteroatoms. The van der Waals surface area contributed by atoms with Crippen LogP contribution in [0, 0.1) is 0 Å². The SMILES string of the molecule is CCNc1cccnc1-c1ncccc1NC[C@@H]1CCCN1. The Kier molecular flexibility index (Phi) is 4.85. The zero-order valence-electron chi connectivity index (χ0n) is 13.0. The largest absolute Gasteiger partial charge is 0.384 e. The number of anilines is 2. The molecule has 0 unspecified atom stereocenters. The molecule has 2 aromatic rings. The van der Waals surface area contributed by atoms with Gasteiger partial charge in [-0.15, -0.1) is 0 Å². The molecule has 0 saturated carbocycles. The fourth-order valence-corrected chi connectivity index (χ4v) is 2.83. The smallest absolute Gasteiger partial charge is 0.114 e. The Balaban J connectivity index is 1.84. The predicted molar refractivity (Wildman–Crippen MR) is 91.1 cm³/mol. The minimum Gasteiger partial charge on any atom is -0.384 e. The number of hydrogen-bond acceptors (Lipinski definition) is 5. The van der Waals surface area contributed by atoms with E-state index in [1.54, 1.807) is 0 Å². The van der Waals surface area contributed by atoms with Crippen molar-refractivity contribution >= 4 is 11.4 Å². The number of aromatic nitrogens is 2. The molecule has 1 saturated heterocycles. The predicted octanol–water partition coefficient (Wildman–Crippen LogP) is 2.74. The van der Waals surface area contributed by atoms with E-state index in [1.165, 1.54) is 12.8 Å². The van der Waals surface area contributed by atoms with Crippen molar-refractivity contribution in [2.24, 2.45) is 0 Å². The maximum Gasteiger partial charge on any atom is 0.114 e. The van der Waals surface area contributed by atoms with Crippen LogP contribution in [0.25, 0.3) is 11.4 Å². The van der Waals surface area contributed by atoms with Crippen LogP contribution in [0.4, 0.5) is 11.4 Å². The number of rotatable bonds is 6. The summed E-state index contributed by atoms with van der Waals surface area (Å²) < 4.78 is 0. The topological polar surface area (TPSA) is 61.9 Å². The van der Waals surface area contributed by atoms with Crippen LogP contribution in [0.15, 0.2) is 36.7 Å². The first kappa shape index (κ1) is 14.8. The van der Waals surface area contributed by atoms with E-state index in [1.807, 2.05) is 30.6 Å². The Hall–Kier alpha value is -2.14. The summed E-state index contributed by atoms with van der Waals surface area (Å²) in [5.41, 5.74) is 3.85. The quantitative estimate of drug-likeness (QED) is 0.765. The van der Waals surface area contributed by atoms with Gasteiger partial charge in [0.2, 0.25) is 0 Å². The van der Waals surface area contributed by atoms with Gasteiger partial charge < -0.3 is 16.0 Å². The second-order valence-corrected chi connectivity index (χ2v) is 5.50. The molecular weight excluding hydrogens is 274 g/mol. The van der Waals surface area contributed by atoms with Crippen LogP contribution in [-0.2, 0) is 0 Å². The summed E-state index contributed by atoms with van der Waals surface area (Å²) in [6.45, 7) is 4.99. The molecule has 0 spiro atoms. The van der Waals surface area contributed by atoms with Gasteiger partial charge in [-0.1, -0.05) is 0 Å². The van der Waals surface area contributed by atoms with E-state index in [4.69, 9.17) is 0 Å². The highest BCUT2D eigenvalue weighted by Crippen LogP contribution is 2.29. The van der Waals surface area contributed by atoms with Crippen LogP contribution in [0.2, 0.25) is 0 Å². The molecule has 1 aliphatic rings. The maximum absolute atomic E-state index is 4.55. The third kappa shape index (κ3) is 3.36. The first-order chi connectivity index (χ1) is 10.9.